The lowest BCUT2D eigenvalue weighted by molar-refractivity contribution is -0.136. The van der Waals surface area contributed by atoms with Crippen LogP contribution >= 0.6 is 11.6 Å². The number of carbonyl (C=O) groups is 2. The second kappa shape index (κ2) is 7.77. The van der Waals surface area contributed by atoms with Crippen molar-refractivity contribution in [2.24, 2.45) is 0 Å². The number of carbonyl (C=O) groups excluding carboxylic acids is 2. The van der Waals surface area contributed by atoms with Crippen molar-refractivity contribution in [2.75, 3.05) is 13.1 Å². The summed E-state index contributed by atoms with van der Waals surface area (Å²) in [4.78, 5) is 29.7. The molecule has 4 heterocycles. The van der Waals surface area contributed by atoms with Gasteiger partial charge in [-0.3, -0.25) is 14.0 Å². The maximum Gasteiger partial charge on any atom is 0.420 e. The molecule has 0 spiro atoms. The molecule has 31 heavy (non-hydrogen) atoms. The highest BCUT2D eigenvalue weighted by Gasteiger charge is 2.37. The molecule has 0 bridgehead atoms. The lowest BCUT2D eigenvalue weighted by atomic mass is 10.1. The van der Waals surface area contributed by atoms with E-state index in [9.17, 15) is 22.8 Å². The summed E-state index contributed by atoms with van der Waals surface area (Å²) >= 11 is 6.31. The Balaban J connectivity index is 1.73. The number of furan rings is 1. The molecule has 1 saturated heterocycles. The van der Waals surface area contributed by atoms with E-state index in [1.54, 1.807) is 0 Å². The van der Waals surface area contributed by atoms with E-state index in [1.165, 1.54) is 29.7 Å². The van der Waals surface area contributed by atoms with Crippen molar-refractivity contribution >= 4 is 29.1 Å². The average molecular weight is 453 g/mol. The van der Waals surface area contributed by atoms with Gasteiger partial charge >= 0.3 is 6.18 Å². The third-order valence-electron chi connectivity index (χ3n) is 5.03. The molecule has 162 valence electrons. The number of amides is 2. The summed E-state index contributed by atoms with van der Waals surface area (Å²) in [6.45, 7) is 3.87. The van der Waals surface area contributed by atoms with Crippen LogP contribution in [0.15, 0.2) is 47.9 Å². The smallest absolute Gasteiger partial charge is 0.420 e. The third kappa shape index (κ3) is 3.90. The average Bonchev–Trinajstić information content (AvgIpc) is 3.47. The monoisotopic (exact) mass is 452 g/mol. The first-order chi connectivity index (χ1) is 14.7. The van der Waals surface area contributed by atoms with Gasteiger partial charge in [0, 0.05) is 36.5 Å². The number of halogens is 4. The fourth-order valence-corrected chi connectivity index (χ4v) is 3.77. The summed E-state index contributed by atoms with van der Waals surface area (Å²) in [6.07, 6.45) is 0.920. The van der Waals surface area contributed by atoms with Crippen molar-refractivity contribution in [1.82, 2.24) is 19.6 Å². The number of hydrogen-bond donors (Lipinski definition) is 1. The van der Waals surface area contributed by atoms with Crippen LogP contribution in [0.25, 0.3) is 16.8 Å². The highest BCUT2D eigenvalue weighted by molar-refractivity contribution is 6.33. The van der Waals surface area contributed by atoms with Gasteiger partial charge in [-0.05, 0) is 24.6 Å². The van der Waals surface area contributed by atoms with Gasteiger partial charge in [0.25, 0.3) is 5.91 Å². The normalized spacial score (nSPS) is 16.6. The molecular formula is C20H16ClF3N4O3. The molecule has 3 aromatic rings. The standard InChI is InChI=1S/C20H16ClF3N4O3/c1-2-15(29)25-13-3-5-27(9-13)19(30)16-17(21)28-8-12(11-4-6-31-10-11)7-14(18(28)26-16)20(22,23)24/h2,4,6-8,10,13H,1,3,5,9H2,(H,25,29)/t13-/m1/s1. The molecule has 1 atom stereocenters. The molecule has 0 aromatic carbocycles. The van der Waals surface area contributed by atoms with Gasteiger partial charge in [-0.25, -0.2) is 4.98 Å². The van der Waals surface area contributed by atoms with E-state index in [-0.39, 0.29) is 34.9 Å². The van der Waals surface area contributed by atoms with Crippen molar-refractivity contribution in [1.29, 1.82) is 0 Å². The van der Waals surface area contributed by atoms with E-state index >= 15 is 0 Å². The van der Waals surface area contributed by atoms with Crippen molar-refractivity contribution in [3.8, 4) is 11.1 Å². The Kier molecular flexibility index (Phi) is 5.26. The van der Waals surface area contributed by atoms with E-state index in [1.807, 2.05) is 0 Å². The van der Waals surface area contributed by atoms with Crippen LogP contribution in [-0.2, 0) is 11.0 Å². The van der Waals surface area contributed by atoms with Gasteiger partial charge < -0.3 is 14.6 Å². The molecule has 3 aromatic heterocycles. The quantitative estimate of drug-likeness (QED) is 0.611. The second-order valence-electron chi connectivity index (χ2n) is 7.05. The number of likely N-dealkylation sites (tertiary alicyclic amines) is 1. The number of nitrogens with zero attached hydrogens (tertiary/aromatic N) is 3. The summed E-state index contributed by atoms with van der Waals surface area (Å²) in [5.41, 5.74) is -1.15. The van der Waals surface area contributed by atoms with Crippen LogP contribution < -0.4 is 5.32 Å². The molecule has 0 unspecified atom stereocenters. The first-order valence-corrected chi connectivity index (χ1v) is 9.60. The third-order valence-corrected chi connectivity index (χ3v) is 5.39. The Morgan fingerprint density at radius 2 is 2.13 bits per heavy atom. The van der Waals surface area contributed by atoms with E-state index in [0.717, 1.165) is 16.5 Å². The van der Waals surface area contributed by atoms with Crippen LogP contribution in [0.2, 0.25) is 5.15 Å². The van der Waals surface area contributed by atoms with Gasteiger partial charge in [0.1, 0.15) is 5.15 Å². The summed E-state index contributed by atoms with van der Waals surface area (Å²) in [5.74, 6) is -0.978. The maximum atomic E-state index is 13.7. The highest BCUT2D eigenvalue weighted by Crippen LogP contribution is 2.37. The first kappa shape index (κ1) is 21.0. The maximum absolute atomic E-state index is 13.7. The SMILES string of the molecule is C=CC(=O)N[C@@H]1CCN(C(=O)c2nc3c(C(F)(F)F)cc(-c4ccoc4)cn3c2Cl)C1. The minimum Gasteiger partial charge on any atom is -0.472 e. The van der Waals surface area contributed by atoms with Crippen LogP contribution in [0.3, 0.4) is 0 Å². The molecule has 2 amide bonds. The Hall–Kier alpha value is -3.27. The number of alkyl halides is 3. The molecule has 0 saturated carbocycles. The molecule has 11 heteroatoms. The highest BCUT2D eigenvalue weighted by atomic mass is 35.5. The predicted molar refractivity (Wildman–Crippen MR) is 106 cm³/mol. The number of pyridine rings is 1. The molecular weight excluding hydrogens is 437 g/mol. The van der Waals surface area contributed by atoms with E-state index in [4.69, 9.17) is 16.0 Å². The van der Waals surface area contributed by atoms with Crippen molar-refractivity contribution in [3.05, 3.63) is 59.9 Å². The lowest BCUT2D eigenvalue weighted by Gasteiger charge is -2.15. The minimum atomic E-state index is -4.72. The van der Waals surface area contributed by atoms with Gasteiger partial charge in [0.15, 0.2) is 11.3 Å². The van der Waals surface area contributed by atoms with Crippen LogP contribution in [-0.4, -0.2) is 45.2 Å². The van der Waals surface area contributed by atoms with Gasteiger partial charge in [-0.2, -0.15) is 13.2 Å². The molecule has 1 N–H and O–H groups in total. The Labute approximate surface area is 179 Å². The Bertz CT molecular complexity index is 1170. The zero-order chi connectivity index (χ0) is 22.3. The second-order valence-corrected chi connectivity index (χ2v) is 7.40. The van der Waals surface area contributed by atoms with Crippen LogP contribution in [0.4, 0.5) is 13.2 Å². The number of rotatable bonds is 4. The van der Waals surface area contributed by atoms with E-state index < -0.39 is 23.3 Å². The number of imidazole rings is 1. The van der Waals surface area contributed by atoms with Gasteiger partial charge in [0.2, 0.25) is 5.91 Å². The Morgan fingerprint density at radius 3 is 2.77 bits per heavy atom. The van der Waals surface area contributed by atoms with Crippen LogP contribution in [0.5, 0.6) is 0 Å². The number of hydrogen-bond acceptors (Lipinski definition) is 4. The summed E-state index contributed by atoms with van der Waals surface area (Å²) in [5, 5.41) is 2.46. The zero-order valence-corrected chi connectivity index (χ0v) is 16.7. The van der Waals surface area contributed by atoms with Crippen molar-refractivity contribution < 1.29 is 27.2 Å². The Morgan fingerprint density at radius 1 is 1.35 bits per heavy atom. The van der Waals surface area contributed by atoms with Crippen molar-refractivity contribution in [2.45, 2.75) is 18.6 Å². The van der Waals surface area contributed by atoms with Crippen LogP contribution in [0.1, 0.15) is 22.5 Å². The largest absolute Gasteiger partial charge is 0.472 e. The fraction of sp³-hybridized carbons (Fsp3) is 0.250. The fourth-order valence-electron chi connectivity index (χ4n) is 3.52. The first-order valence-electron chi connectivity index (χ1n) is 9.22. The molecule has 0 aliphatic carbocycles. The molecule has 1 fully saturated rings. The molecule has 1 aliphatic rings. The van der Waals surface area contributed by atoms with Gasteiger partial charge in [0.05, 0.1) is 18.1 Å². The number of fused-ring (bicyclic) bond motifs is 1. The van der Waals surface area contributed by atoms with E-state index in [0.29, 0.717) is 18.5 Å². The van der Waals surface area contributed by atoms with Crippen LogP contribution in [0, 0.1) is 0 Å². The lowest BCUT2D eigenvalue weighted by Crippen LogP contribution is -2.37. The topological polar surface area (TPSA) is 79.8 Å². The predicted octanol–water partition coefficient (Wildman–Crippen LogP) is 3.78. The molecule has 7 nitrogen and oxygen atoms in total. The number of nitrogens with one attached hydrogen (secondary N) is 1. The van der Waals surface area contributed by atoms with Gasteiger partial charge in [-0.15, -0.1) is 0 Å². The minimum absolute atomic E-state index is 0.189. The zero-order valence-electron chi connectivity index (χ0n) is 15.9. The van der Waals surface area contributed by atoms with E-state index in [2.05, 4.69) is 16.9 Å². The summed E-state index contributed by atoms with van der Waals surface area (Å²) < 4.78 is 47.2. The molecule has 1 aliphatic heterocycles. The van der Waals surface area contributed by atoms with Gasteiger partial charge in [-0.1, -0.05) is 18.2 Å². The molecule has 0 radical (unpaired) electrons. The van der Waals surface area contributed by atoms with Crippen molar-refractivity contribution in [3.63, 3.8) is 0 Å². The summed E-state index contributed by atoms with van der Waals surface area (Å²) in [6, 6.07) is 2.16. The molecule has 4 rings (SSSR count). The number of aromatic nitrogens is 2. The summed E-state index contributed by atoms with van der Waals surface area (Å²) in [7, 11) is 0.